The van der Waals surface area contributed by atoms with Gasteiger partial charge in [-0.05, 0) is 82.6 Å². The van der Waals surface area contributed by atoms with Gasteiger partial charge < -0.3 is 19.9 Å². The fourth-order valence-corrected chi connectivity index (χ4v) is 4.50. The third-order valence-corrected chi connectivity index (χ3v) is 6.07. The van der Waals surface area contributed by atoms with Gasteiger partial charge in [0.05, 0.1) is 29.2 Å². The van der Waals surface area contributed by atoms with Gasteiger partial charge in [-0.2, -0.15) is 0 Å². The van der Waals surface area contributed by atoms with Gasteiger partial charge in [-0.15, -0.1) is 0 Å². The summed E-state index contributed by atoms with van der Waals surface area (Å²) in [7, 11) is 2.24. The summed E-state index contributed by atoms with van der Waals surface area (Å²) in [5.41, 5.74) is 10.00. The molecule has 3 aromatic rings. The molecule has 0 aliphatic carbocycles. The molecule has 1 unspecified atom stereocenters. The molecule has 2 aromatic carbocycles. The smallest absolute Gasteiger partial charge is 0.119 e. The second kappa shape index (κ2) is 9.52. The van der Waals surface area contributed by atoms with Crippen molar-refractivity contribution in [2.24, 2.45) is 10.7 Å². The molecular formula is C25H33N5O. The van der Waals surface area contributed by atoms with Crippen molar-refractivity contribution < 1.29 is 4.74 Å². The molecule has 1 aliphatic rings. The largest absolute Gasteiger partial charge is 0.494 e. The summed E-state index contributed by atoms with van der Waals surface area (Å²) < 4.78 is 7.97. The van der Waals surface area contributed by atoms with E-state index in [0.29, 0.717) is 18.5 Å². The van der Waals surface area contributed by atoms with Crippen molar-refractivity contribution in [3.05, 3.63) is 53.9 Å². The van der Waals surface area contributed by atoms with Gasteiger partial charge in [-0.25, -0.2) is 9.98 Å². The Morgan fingerprint density at radius 1 is 1.23 bits per heavy atom. The number of hydrogen-bond acceptors (Lipinski definition) is 4. The molecule has 1 fully saturated rings. The lowest BCUT2D eigenvalue weighted by Crippen LogP contribution is -2.26. The number of fused-ring (bicyclic) bond motifs is 1. The number of aliphatic imine (C=N–C) groups is 1. The van der Waals surface area contributed by atoms with Gasteiger partial charge in [-0.1, -0.05) is 12.1 Å². The van der Waals surface area contributed by atoms with E-state index < -0.39 is 0 Å². The Kier molecular flexibility index (Phi) is 6.56. The fourth-order valence-electron chi connectivity index (χ4n) is 4.50. The number of likely N-dealkylation sites (tertiary alicyclic amines) is 1. The fraction of sp³-hybridized carbons (Fsp3) is 0.440. The minimum atomic E-state index is 0.553. The van der Waals surface area contributed by atoms with E-state index in [1.54, 1.807) is 6.92 Å². The molecule has 0 spiro atoms. The van der Waals surface area contributed by atoms with E-state index >= 15 is 0 Å². The first-order valence-electron chi connectivity index (χ1n) is 11.3. The van der Waals surface area contributed by atoms with Crippen LogP contribution in [0, 0.1) is 0 Å². The van der Waals surface area contributed by atoms with E-state index in [9.17, 15) is 0 Å². The number of rotatable bonds is 8. The predicted octanol–water partition coefficient (Wildman–Crippen LogP) is 4.52. The minimum absolute atomic E-state index is 0.553. The predicted molar refractivity (Wildman–Crippen MR) is 127 cm³/mol. The molecule has 6 heteroatoms. The summed E-state index contributed by atoms with van der Waals surface area (Å²) in [6, 6.07) is 15.2. The van der Waals surface area contributed by atoms with Gasteiger partial charge in [0.2, 0.25) is 0 Å². The van der Waals surface area contributed by atoms with Crippen LogP contribution in [-0.2, 0) is 13.0 Å². The number of benzene rings is 2. The van der Waals surface area contributed by atoms with Gasteiger partial charge in [0.25, 0.3) is 0 Å². The molecule has 0 saturated carbocycles. The van der Waals surface area contributed by atoms with Crippen LogP contribution in [0.3, 0.4) is 0 Å². The van der Waals surface area contributed by atoms with E-state index in [-0.39, 0.29) is 0 Å². The number of aromatic nitrogens is 2. The minimum Gasteiger partial charge on any atom is -0.494 e. The maximum Gasteiger partial charge on any atom is 0.119 e. The van der Waals surface area contributed by atoms with Crippen LogP contribution in [-0.4, -0.2) is 46.5 Å². The second-order valence-electron chi connectivity index (χ2n) is 8.42. The van der Waals surface area contributed by atoms with Crippen molar-refractivity contribution >= 4 is 22.6 Å². The van der Waals surface area contributed by atoms with Crippen molar-refractivity contribution in [3.63, 3.8) is 0 Å². The number of hydrogen-bond donors (Lipinski definition) is 1. The van der Waals surface area contributed by atoms with Gasteiger partial charge in [0, 0.05) is 19.0 Å². The summed E-state index contributed by atoms with van der Waals surface area (Å²) in [6.45, 7) is 6.66. The lowest BCUT2D eigenvalue weighted by molar-refractivity contribution is 0.286. The zero-order valence-electron chi connectivity index (χ0n) is 18.8. The Morgan fingerprint density at radius 3 is 2.71 bits per heavy atom. The second-order valence-corrected chi connectivity index (χ2v) is 8.42. The standard InChI is InChI=1S/C25H33N5O/c1-4-31-22-10-7-19(8-11-22)16-25-28-23-17-20(27-18(2)26)9-12-24(23)30(25)15-13-21-6-5-14-29(21)3/h7-12,17,21H,4-6,13-16H2,1-3H3,(H2,26,27). The number of nitrogens with zero attached hydrogens (tertiary/aromatic N) is 4. The Labute approximate surface area is 184 Å². The van der Waals surface area contributed by atoms with Crippen LogP contribution in [0.2, 0.25) is 0 Å². The van der Waals surface area contributed by atoms with E-state index in [2.05, 4.69) is 39.7 Å². The van der Waals surface area contributed by atoms with Crippen molar-refractivity contribution in [2.45, 2.75) is 52.1 Å². The highest BCUT2D eigenvalue weighted by atomic mass is 16.5. The Balaban J connectivity index is 1.64. The number of imidazole rings is 1. The van der Waals surface area contributed by atoms with Crippen molar-refractivity contribution in [1.29, 1.82) is 0 Å². The zero-order chi connectivity index (χ0) is 21.8. The molecule has 2 N–H and O–H groups in total. The average Bonchev–Trinajstić information content (AvgIpc) is 3.30. The summed E-state index contributed by atoms with van der Waals surface area (Å²) in [4.78, 5) is 11.9. The van der Waals surface area contributed by atoms with Crippen LogP contribution in [0.15, 0.2) is 47.5 Å². The number of nitrogens with two attached hydrogens (primary N) is 1. The zero-order valence-corrected chi connectivity index (χ0v) is 18.8. The van der Waals surface area contributed by atoms with E-state index in [4.69, 9.17) is 15.5 Å². The average molecular weight is 420 g/mol. The van der Waals surface area contributed by atoms with Gasteiger partial charge in [0.1, 0.15) is 11.6 Å². The molecule has 1 aliphatic heterocycles. The molecular weight excluding hydrogens is 386 g/mol. The number of ether oxygens (including phenoxy) is 1. The first-order valence-corrected chi connectivity index (χ1v) is 11.3. The molecule has 1 saturated heterocycles. The molecule has 164 valence electrons. The van der Waals surface area contributed by atoms with Crippen molar-refractivity contribution in [3.8, 4) is 5.75 Å². The van der Waals surface area contributed by atoms with Crippen LogP contribution in [0.4, 0.5) is 5.69 Å². The molecule has 1 aromatic heterocycles. The third kappa shape index (κ3) is 5.07. The normalized spacial score (nSPS) is 17.5. The van der Waals surface area contributed by atoms with Crippen LogP contribution in [0.25, 0.3) is 11.0 Å². The highest BCUT2D eigenvalue weighted by Gasteiger charge is 2.21. The molecule has 2 heterocycles. The number of aryl methyl sites for hydroxylation is 1. The topological polar surface area (TPSA) is 68.7 Å². The summed E-state index contributed by atoms with van der Waals surface area (Å²) in [6.07, 6.45) is 4.51. The number of amidine groups is 1. The molecule has 6 nitrogen and oxygen atoms in total. The Hall–Kier alpha value is -2.86. The molecule has 1 atom stereocenters. The summed E-state index contributed by atoms with van der Waals surface area (Å²) in [5.74, 6) is 2.55. The lowest BCUT2D eigenvalue weighted by atomic mass is 10.1. The van der Waals surface area contributed by atoms with E-state index in [1.807, 2.05) is 31.2 Å². The van der Waals surface area contributed by atoms with Crippen molar-refractivity contribution in [1.82, 2.24) is 14.5 Å². The molecule has 4 rings (SSSR count). The Morgan fingerprint density at radius 2 is 2.03 bits per heavy atom. The van der Waals surface area contributed by atoms with Gasteiger partial charge in [0.15, 0.2) is 0 Å². The quantitative estimate of drug-likeness (QED) is 0.431. The first kappa shape index (κ1) is 21.4. The monoisotopic (exact) mass is 419 g/mol. The maximum atomic E-state index is 5.78. The molecule has 0 radical (unpaired) electrons. The maximum absolute atomic E-state index is 5.78. The summed E-state index contributed by atoms with van der Waals surface area (Å²) in [5, 5.41) is 0. The van der Waals surface area contributed by atoms with Gasteiger partial charge in [-0.3, -0.25) is 0 Å². The van der Waals surface area contributed by atoms with Gasteiger partial charge >= 0.3 is 0 Å². The van der Waals surface area contributed by atoms with Crippen LogP contribution in [0.1, 0.15) is 44.5 Å². The third-order valence-electron chi connectivity index (χ3n) is 6.07. The summed E-state index contributed by atoms with van der Waals surface area (Å²) >= 11 is 0. The first-order chi connectivity index (χ1) is 15.0. The SMILES string of the molecule is CCOc1ccc(Cc2nc3cc(N=C(C)N)ccc3n2CCC2CCCN2C)cc1. The highest BCUT2D eigenvalue weighted by Crippen LogP contribution is 2.26. The van der Waals surface area contributed by atoms with E-state index in [0.717, 1.165) is 47.7 Å². The molecule has 0 bridgehead atoms. The van der Waals surface area contributed by atoms with Crippen molar-refractivity contribution in [2.75, 3.05) is 20.2 Å². The lowest BCUT2D eigenvalue weighted by Gasteiger charge is -2.20. The highest BCUT2D eigenvalue weighted by molar-refractivity contribution is 5.84. The molecule has 0 amide bonds. The molecule has 31 heavy (non-hydrogen) atoms. The van der Waals surface area contributed by atoms with Crippen LogP contribution in [0.5, 0.6) is 5.75 Å². The van der Waals surface area contributed by atoms with Crippen LogP contribution >= 0.6 is 0 Å². The Bertz CT molecular complexity index is 1050. The van der Waals surface area contributed by atoms with E-state index in [1.165, 1.54) is 24.9 Å². The van der Waals surface area contributed by atoms with Crippen LogP contribution < -0.4 is 10.5 Å².